The minimum atomic E-state index is -0.352. The Bertz CT molecular complexity index is 1260. The van der Waals surface area contributed by atoms with Gasteiger partial charge in [-0.25, -0.2) is 0 Å². The second kappa shape index (κ2) is 11.9. The average molecular weight is 501 g/mol. The molecule has 1 aromatic heterocycles. The third kappa shape index (κ3) is 6.15. The van der Waals surface area contributed by atoms with Crippen LogP contribution in [0, 0.1) is 0 Å². The molecule has 1 N–H and O–H groups in total. The molecule has 4 rings (SSSR count). The molecule has 36 heavy (non-hydrogen) atoms. The number of hydrogen-bond acceptors (Lipinski definition) is 5. The maximum absolute atomic E-state index is 13.0. The van der Waals surface area contributed by atoms with Gasteiger partial charge in [0, 0.05) is 11.4 Å². The number of nitrogens with one attached hydrogen (secondary N) is 1. The molecule has 0 spiro atoms. The van der Waals surface area contributed by atoms with Crippen LogP contribution in [0.4, 0.5) is 5.69 Å². The van der Waals surface area contributed by atoms with Gasteiger partial charge in [0.2, 0.25) is 5.91 Å². The van der Waals surface area contributed by atoms with Crippen molar-refractivity contribution < 1.29 is 9.53 Å². The number of aromatic nitrogens is 3. The third-order valence-corrected chi connectivity index (χ3v) is 7.16. The molecule has 2 unspecified atom stereocenters. The second-order valence-electron chi connectivity index (χ2n) is 8.87. The van der Waals surface area contributed by atoms with E-state index in [2.05, 4.69) is 41.5 Å². The molecule has 3 aromatic carbocycles. The number of hydrogen-bond donors (Lipinski definition) is 1. The maximum atomic E-state index is 13.0. The molecule has 0 bridgehead atoms. The van der Waals surface area contributed by atoms with Gasteiger partial charge in [-0.15, -0.1) is 10.2 Å². The van der Waals surface area contributed by atoms with Gasteiger partial charge >= 0.3 is 0 Å². The summed E-state index contributed by atoms with van der Waals surface area (Å²) in [5, 5.41) is 12.3. The minimum absolute atomic E-state index is 0.0626. The van der Waals surface area contributed by atoms with Crippen molar-refractivity contribution in [1.29, 1.82) is 0 Å². The Balaban J connectivity index is 1.59. The molecule has 0 saturated carbocycles. The summed E-state index contributed by atoms with van der Waals surface area (Å²) in [6.07, 6.45) is 0.296. The fraction of sp³-hybridized carbons (Fsp3) is 0.276. The number of ether oxygens (including phenoxy) is 1. The van der Waals surface area contributed by atoms with Gasteiger partial charge in [0.25, 0.3) is 0 Å². The molecule has 0 aliphatic carbocycles. The van der Waals surface area contributed by atoms with Crippen LogP contribution < -0.4 is 10.1 Å². The maximum Gasteiger partial charge on any atom is 0.237 e. The predicted molar refractivity (Wildman–Crippen MR) is 146 cm³/mol. The molecule has 4 aromatic rings. The third-order valence-electron chi connectivity index (χ3n) is 5.85. The van der Waals surface area contributed by atoms with E-state index in [1.165, 1.54) is 17.3 Å². The standard InChI is InChI=1S/C29H32N4O2S/c1-5-26(28(34)30-23-12-8-6-9-13-23)36-29-32-31-27(33(29)24-14-10-7-11-15-24)21(4)35-25-18-16-22(17-19-25)20(2)3/h6-21,26H,5H2,1-4H3,(H,30,34). The van der Waals surface area contributed by atoms with Crippen molar-refractivity contribution in [2.75, 3.05) is 5.32 Å². The average Bonchev–Trinajstić information content (AvgIpc) is 3.32. The van der Waals surface area contributed by atoms with E-state index < -0.39 is 0 Å². The fourth-order valence-electron chi connectivity index (χ4n) is 3.82. The first-order valence-corrected chi connectivity index (χ1v) is 13.1. The highest BCUT2D eigenvalue weighted by Crippen LogP contribution is 2.31. The lowest BCUT2D eigenvalue weighted by Gasteiger charge is -2.18. The molecule has 186 valence electrons. The summed E-state index contributed by atoms with van der Waals surface area (Å²) in [7, 11) is 0. The van der Waals surface area contributed by atoms with Crippen LogP contribution in [-0.2, 0) is 4.79 Å². The zero-order valence-electron chi connectivity index (χ0n) is 21.1. The van der Waals surface area contributed by atoms with E-state index in [-0.39, 0.29) is 17.3 Å². The van der Waals surface area contributed by atoms with Crippen molar-refractivity contribution >= 4 is 23.4 Å². The first-order valence-electron chi connectivity index (χ1n) is 12.3. The van der Waals surface area contributed by atoms with Gasteiger partial charge in [-0.3, -0.25) is 9.36 Å². The highest BCUT2D eigenvalue weighted by molar-refractivity contribution is 8.00. The molecule has 0 radical (unpaired) electrons. The number of benzene rings is 3. The molecule has 1 amide bonds. The number of carbonyl (C=O) groups excluding carboxylic acids is 1. The van der Waals surface area contributed by atoms with Crippen LogP contribution in [0.2, 0.25) is 0 Å². The highest BCUT2D eigenvalue weighted by Gasteiger charge is 2.26. The number of thioether (sulfide) groups is 1. The lowest BCUT2D eigenvalue weighted by Crippen LogP contribution is -2.25. The van der Waals surface area contributed by atoms with Crippen LogP contribution in [0.25, 0.3) is 5.69 Å². The zero-order chi connectivity index (χ0) is 25.5. The van der Waals surface area contributed by atoms with Crippen LogP contribution >= 0.6 is 11.8 Å². The summed E-state index contributed by atoms with van der Waals surface area (Å²) in [5.74, 6) is 1.85. The Hall–Kier alpha value is -3.58. The van der Waals surface area contributed by atoms with Crippen LogP contribution in [0.15, 0.2) is 90.1 Å². The Kier molecular flexibility index (Phi) is 8.44. The van der Waals surface area contributed by atoms with E-state index in [9.17, 15) is 4.79 Å². The normalized spacial score (nSPS) is 12.8. The largest absolute Gasteiger partial charge is 0.483 e. The van der Waals surface area contributed by atoms with Gasteiger partial charge < -0.3 is 10.1 Å². The Morgan fingerprint density at radius 1 is 0.917 bits per heavy atom. The van der Waals surface area contributed by atoms with E-state index in [1.807, 2.05) is 91.2 Å². The van der Waals surface area contributed by atoms with E-state index >= 15 is 0 Å². The number of anilines is 1. The molecule has 1 heterocycles. The lowest BCUT2D eigenvalue weighted by molar-refractivity contribution is -0.115. The molecular weight excluding hydrogens is 468 g/mol. The van der Waals surface area contributed by atoms with E-state index in [4.69, 9.17) is 4.74 Å². The molecule has 0 aliphatic rings. The van der Waals surface area contributed by atoms with Gasteiger partial charge in [0.15, 0.2) is 17.1 Å². The topological polar surface area (TPSA) is 69.0 Å². The number of nitrogens with zero attached hydrogens (tertiary/aromatic N) is 3. The zero-order valence-corrected chi connectivity index (χ0v) is 21.9. The Morgan fingerprint density at radius 3 is 2.17 bits per heavy atom. The molecule has 2 atom stereocenters. The monoisotopic (exact) mass is 500 g/mol. The smallest absolute Gasteiger partial charge is 0.237 e. The highest BCUT2D eigenvalue weighted by atomic mass is 32.2. The van der Waals surface area contributed by atoms with Crippen LogP contribution in [0.1, 0.15) is 57.5 Å². The Labute approximate surface area is 217 Å². The summed E-state index contributed by atoms with van der Waals surface area (Å²) in [4.78, 5) is 13.0. The van der Waals surface area contributed by atoms with Gasteiger partial charge in [-0.05, 0) is 61.2 Å². The van der Waals surface area contributed by atoms with Crippen molar-refractivity contribution in [2.45, 2.75) is 56.5 Å². The fourth-order valence-corrected chi connectivity index (χ4v) is 4.80. The number of amides is 1. The predicted octanol–water partition coefficient (Wildman–Crippen LogP) is 7.04. The molecule has 6 nitrogen and oxygen atoms in total. The van der Waals surface area contributed by atoms with Crippen molar-refractivity contribution in [3.05, 3.63) is 96.3 Å². The van der Waals surface area contributed by atoms with E-state index in [0.717, 1.165) is 17.1 Å². The molecule has 0 saturated heterocycles. The van der Waals surface area contributed by atoms with Gasteiger partial charge in [0.05, 0.1) is 5.25 Å². The quantitative estimate of drug-likeness (QED) is 0.237. The van der Waals surface area contributed by atoms with Crippen molar-refractivity contribution in [3.8, 4) is 11.4 Å². The first-order chi connectivity index (χ1) is 17.5. The molecule has 0 fully saturated rings. The molecule has 0 aliphatic heterocycles. The SMILES string of the molecule is CCC(Sc1nnc(C(C)Oc2ccc(C(C)C)cc2)n1-c1ccccc1)C(=O)Nc1ccccc1. The van der Waals surface area contributed by atoms with Crippen LogP contribution in [-0.4, -0.2) is 25.9 Å². The van der Waals surface area contributed by atoms with Crippen LogP contribution in [0.5, 0.6) is 5.75 Å². The first kappa shape index (κ1) is 25.5. The van der Waals surface area contributed by atoms with Gasteiger partial charge in [-0.2, -0.15) is 0 Å². The van der Waals surface area contributed by atoms with Crippen molar-refractivity contribution in [3.63, 3.8) is 0 Å². The number of carbonyl (C=O) groups is 1. The van der Waals surface area contributed by atoms with Crippen molar-refractivity contribution in [1.82, 2.24) is 14.8 Å². The molecule has 7 heteroatoms. The Morgan fingerprint density at radius 2 is 1.56 bits per heavy atom. The summed E-state index contributed by atoms with van der Waals surface area (Å²) in [6.45, 7) is 8.31. The van der Waals surface area contributed by atoms with Gasteiger partial charge in [-0.1, -0.05) is 81.1 Å². The van der Waals surface area contributed by atoms with Gasteiger partial charge in [0.1, 0.15) is 5.75 Å². The number of rotatable bonds is 10. The summed E-state index contributed by atoms with van der Waals surface area (Å²) in [5.41, 5.74) is 2.96. The lowest BCUT2D eigenvalue weighted by atomic mass is 10.0. The van der Waals surface area contributed by atoms with E-state index in [1.54, 1.807) is 0 Å². The van der Waals surface area contributed by atoms with E-state index in [0.29, 0.717) is 23.3 Å². The molecular formula is C29H32N4O2S. The second-order valence-corrected chi connectivity index (χ2v) is 10.0. The van der Waals surface area contributed by atoms with Crippen molar-refractivity contribution in [2.24, 2.45) is 0 Å². The minimum Gasteiger partial charge on any atom is -0.483 e. The summed E-state index contributed by atoms with van der Waals surface area (Å²) >= 11 is 1.41. The summed E-state index contributed by atoms with van der Waals surface area (Å²) in [6, 6.07) is 27.6. The van der Waals surface area contributed by atoms with Crippen LogP contribution in [0.3, 0.4) is 0 Å². The number of para-hydroxylation sites is 2. The summed E-state index contributed by atoms with van der Waals surface area (Å²) < 4.78 is 8.24.